The molecule has 0 unspecified atom stereocenters. The molecule has 0 atom stereocenters. The normalized spacial score (nSPS) is 11.5. The number of benzene rings is 1. The molecule has 88 valence electrons. The maximum atomic E-state index is 12.0. The Labute approximate surface area is 101 Å². The third-order valence-electron chi connectivity index (χ3n) is 2.36. The predicted molar refractivity (Wildman–Crippen MR) is 69.0 cm³/mol. The third-order valence-corrected chi connectivity index (χ3v) is 2.36. The van der Waals surface area contributed by atoms with Gasteiger partial charge in [0.15, 0.2) is 0 Å². The van der Waals surface area contributed by atoms with Gasteiger partial charge in [0.05, 0.1) is 5.52 Å². The van der Waals surface area contributed by atoms with E-state index in [0.717, 1.165) is 10.9 Å². The lowest BCUT2D eigenvalue weighted by molar-refractivity contribution is 0.0919. The van der Waals surface area contributed by atoms with Gasteiger partial charge in [-0.1, -0.05) is 12.1 Å². The van der Waals surface area contributed by atoms with Crippen LogP contribution in [0.5, 0.6) is 0 Å². The van der Waals surface area contributed by atoms with Crippen LogP contribution in [0, 0.1) is 0 Å². The molecule has 1 heterocycles. The highest BCUT2D eigenvalue weighted by Gasteiger charge is 2.15. The number of aromatic nitrogens is 1. The molecule has 0 saturated heterocycles. The van der Waals surface area contributed by atoms with E-state index >= 15 is 0 Å². The number of hydrogen-bond donors (Lipinski definition) is 1. The van der Waals surface area contributed by atoms with Crippen molar-refractivity contribution in [3.05, 3.63) is 42.1 Å². The molecule has 0 saturated carbocycles. The van der Waals surface area contributed by atoms with Crippen LogP contribution >= 0.6 is 0 Å². The summed E-state index contributed by atoms with van der Waals surface area (Å²) in [5.41, 5.74) is 1.26. The Kier molecular flexibility index (Phi) is 2.84. The molecular formula is C14H16N2O. The SMILES string of the molecule is CC(C)(C)NC(=O)c1ccc2cccnc2c1. The van der Waals surface area contributed by atoms with Crippen LogP contribution in [0.4, 0.5) is 0 Å². The summed E-state index contributed by atoms with van der Waals surface area (Å²) < 4.78 is 0. The Morgan fingerprint density at radius 3 is 2.71 bits per heavy atom. The van der Waals surface area contributed by atoms with E-state index in [0.29, 0.717) is 5.56 Å². The van der Waals surface area contributed by atoms with Gasteiger partial charge in [0, 0.05) is 22.7 Å². The van der Waals surface area contributed by atoms with Gasteiger partial charge < -0.3 is 5.32 Å². The topological polar surface area (TPSA) is 42.0 Å². The van der Waals surface area contributed by atoms with Crippen molar-refractivity contribution in [1.29, 1.82) is 0 Å². The fraction of sp³-hybridized carbons (Fsp3) is 0.286. The summed E-state index contributed by atoms with van der Waals surface area (Å²) >= 11 is 0. The van der Waals surface area contributed by atoms with E-state index in [4.69, 9.17) is 0 Å². The van der Waals surface area contributed by atoms with E-state index in [9.17, 15) is 4.79 Å². The Morgan fingerprint density at radius 1 is 1.24 bits per heavy atom. The van der Waals surface area contributed by atoms with E-state index < -0.39 is 0 Å². The molecule has 0 bridgehead atoms. The standard InChI is InChI=1S/C14H16N2O/c1-14(2,3)16-13(17)11-7-6-10-5-4-8-15-12(10)9-11/h4-9H,1-3H3,(H,16,17). The lowest BCUT2D eigenvalue weighted by atomic mass is 10.1. The molecule has 2 rings (SSSR count). The van der Waals surface area contributed by atoms with Crippen molar-refractivity contribution in [2.45, 2.75) is 26.3 Å². The van der Waals surface area contributed by atoms with Crippen molar-refractivity contribution in [2.75, 3.05) is 0 Å². The highest BCUT2D eigenvalue weighted by molar-refractivity contribution is 5.98. The van der Waals surface area contributed by atoms with Gasteiger partial charge in [0.25, 0.3) is 5.91 Å². The van der Waals surface area contributed by atoms with Gasteiger partial charge in [-0.25, -0.2) is 0 Å². The van der Waals surface area contributed by atoms with Crippen LogP contribution in [0.15, 0.2) is 36.5 Å². The van der Waals surface area contributed by atoms with Gasteiger partial charge in [-0.2, -0.15) is 0 Å². The monoisotopic (exact) mass is 228 g/mol. The zero-order valence-electron chi connectivity index (χ0n) is 10.3. The minimum atomic E-state index is -0.226. The quantitative estimate of drug-likeness (QED) is 0.815. The molecule has 1 aromatic carbocycles. The average Bonchev–Trinajstić information content (AvgIpc) is 2.26. The fourth-order valence-corrected chi connectivity index (χ4v) is 1.62. The molecular weight excluding hydrogens is 212 g/mol. The summed E-state index contributed by atoms with van der Waals surface area (Å²) in [5.74, 6) is -0.0648. The number of amides is 1. The van der Waals surface area contributed by atoms with Gasteiger partial charge >= 0.3 is 0 Å². The Balaban J connectivity index is 2.33. The van der Waals surface area contributed by atoms with Gasteiger partial charge in [0.2, 0.25) is 0 Å². The molecule has 17 heavy (non-hydrogen) atoms. The first-order valence-electron chi connectivity index (χ1n) is 5.63. The maximum Gasteiger partial charge on any atom is 0.251 e. The van der Waals surface area contributed by atoms with E-state index in [-0.39, 0.29) is 11.4 Å². The van der Waals surface area contributed by atoms with Crippen molar-refractivity contribution in [3.8, 4) is 0 Å². The molecule has 0 aliphatic rings. The zero-order chi connectivity index (χ0) is 12.5. The molecule has 2 aromatic rings. The Bertz CT molecular complexity index is 555. The number of carbonyl (C=O) groups is 1. The zero-order valence-corrected chi connectivity index (χ0v) is 10.3. The largest absolute Gasteiger partial charge is 0.347 e. The minimum absolute atomic E-state index is 0.0648. The summed E-state index contributed by atoms with van der Waals surface area (Å²) in [5, 5.41) is 3.97. The van der Waals surface area contributed by atoms with Crippen molar-refractivity contribution in [2.24, 2.45) is 0 Å². The molecule has 3 nitrogen and oxygen atoms in total. The Hall–Kier alpha value is -1.90. The molecule has 0 aliphatic carbocycles. The van der Waals surface area contributed by atoms with Gasteiger partial charge in [0.1, 0.15) is 0 Å². The molecule has 0 spiro atoms. The van der Waals surface area contributed by atoms with Crippen LogP contribution in [-0.2, 0) is 0 Å². The van der Waals surface area contributed by atoms with E-state index in [1.165, 1.54) is 0 Å². The van der Waals surface area contributed by atoms with E-state index in [2.05, 4.69) is 10.3 Å². The van der Waals surface area contributed by atoms with Crippen LogP contribution < -0.4 is 5.32 Å². The molecule has 1 amide bonds. The van der Waals surface area contributed by atoms with E-state index in [1.54, 1.807) is 6.20 Å². The van der Waals surface area contributed by atoms with Crippen LogP contribution in [0.1, 0.15) is 31.1 Å². The number of nitrogens with zero attached hydrogens (tertiary/aromatic N) is 1. The molecule has 0 aliphatic heterocycles. The summed E-state index contributed by atoms with van der Waals surface area (Å²) in [7, 11) is 0. The van der Waals surface area contributed by atoms with Crippen molar-refractivity contribution in [3.63, 3.8) is 0 Å². The van der Waals surface area contributed by atoms with Crippen LogP contribution in [0.3, 0.4) is 0 Å². The minimum Gasteiger partial charge on any atom is -0.347 e. The number of rotatable bonds is 1. The van der Waals surface area contributed by atoms with Crippen molar-refractivity contribution in [1.82, 2.24) is 10.3 Å². The third kappa shape index (κ3) is 2.81. The number of carbonyl (C=O) groups excluding carboxylic acids is 1. The number of pyridine rings is 1. The molecule has 3 heteroatoms. The van der Waals surface area contributed by atoms with Crippen molar-refractivity contribution < 1.29 is 4.79 Å². The first kappa shape index (κ1) is 11.6. The second-order valence-corrected chi connectivity index (χ2v) is 5.12. The average molecular weight is 228 g/mol. The lowest BCUT2D eigenvalue weighted by Crippen LogP contribution is -2.40. The predicted octanol–water partition coefficient (Wildman–Crippen LogP) is 2.76. The van der Waals surface area contributed by atoms with E-state index in [1.807, 2.05) is 51.1 Å². The lowest BCUT2D eigenvalue weighted by Gasteiger charge is -2.20. The van der Waals surface area contributed by atoms with Crippen LogP contribution in [0.25, 0.3) is 10.9 Å². The Morgan fingerprint density at radius 2 is 2.00 bits per heavy atom. The number of hydrogen-bond acceptors (Lipinski definition) is 2. The number of nitrogens with one attached hydrogen (secondary N) is 1. The molecule has 0 fully saturated rings. The molecule has 0 radical (unpaired) electrons. The first-order chi connectivity index (χ1) is 7.96. The highest BCUT2D eigenvalue weighted by Crippen LogP contribution is 2.13. The first-order valence-corrected chi connectivity index (χ1v) is 5.63. The molecule has 1 aromatic heterocycles. The second-order valence-electron chi connectivity index (χ2n) is 5.12. The van der Waals surface area contributed by atoms with Crippen molar-refractivity contribution >= 4 is 16.8 Å². The smallest absolute Gasteiger partial charge is 0.251 e. The summed E-state index contributed by atoms with van der Waals surface area (Å²) in [4.78, 5) is 16.2. The molecule has 1 N–H and O–H groups in total. The highest BCUT2D eigenvalue weighted by atomic mass is 16.1. The number of fused-ring (bicyclic) bond motifs is 1. The summed E-state index contributed by atoms with van der Waals surface area (Å²) in [6.07, 6.45) is 1.73. The second kappa shape index (κ2) is 4.17. The summed E-state index contributed by atoms with van der Waals surface area (Å²) in [6.45, 7) is 5.89. The summed E-state index contributed by atoms with van der Waals surface area (Å²) in [6, 6.07) is 9.42. The van der Waals surface area contributed by atoms with Crippen LogP contribution in [0.2, 0.25) is 0 Å². The fourth-order valence-electron chi connectivity index (χ4n) is 1.62. The van der Waals surface area contributed by atoms with Crippen LogP contribution in [-0.4, -0.2) is 16.4 Å². The van der Waals surface area contributed by atoms with Gasteiger partial charge in [-0.3, -0.25) is 9.78 Å². The maximum absolute atomic E-state index is 12.0. The van der Waals surface area contributed by atoms with Gasteiger partial charge in [-0.05, 0) is 39.0 Å². The van der Waals surface area contributed by atoms with Gasteiger partial charge in [-0.15, -0.1) is 0 Å².